The van der Waals surface area contributed by atoms with E-state index in [1.807, 2.05) is 12.1 Å². The molecule has 0 aliphatic carbocycles. The van der Waals surface area contributed by atoms with E-state index in [-0.39, 0.29) is 23.3 Å². The summed E-state index contributed by atoms with van der Waals surface area (Å²) in [6.07, 6.45) is 3.13. The van der Waals surface area contributed by atoms with Crippen molar-refractivity contribution in [2.75, 3.05) is 37.5 Å². The third kappa shape index (κ3) is 5.74. The lowest BCUT2D eigenvalue weighted by atomic mass is 10.0. The Hall–Kier alpha value is -2.65. The van der Waals surface area contributed by atoms with Gasteiger partial charge in [0.1, 0.15) is 0 Å². The first-order chi connectivity index (χ1) is 14.8. The lowest BCUT2D eigenvalue weighted by Crippen LogP contribution is -2.45. The van der Waals surface area contributed by atoms with Gasteiger partial charge in [-0.2, -0.15) is 0 Å². The summed E-state index contributed by atoms with van der Waals surface area (Å²) >= 11 is 0. The molecule has 1 amide bonds. The van der Waals surface area contributed by atoms with E-state index in [4.69, 9.17) is 4.74 Å². The number of pyridine rings is 1. The molecule has 0 unspecified atom stereocenters. The van der Waals surface area contributed by atoms with Crippen LogP contribution >= 0.6 is 0 Å². The molecular formula is C22H29N3O5S. The van der Waals surface area contributed by atoms with Crippen LogP contribution in [-0.4, -0.2) is 57.5 Å². The summed E-state index contributed by atoms with van der Waals surface area (Å²) in [5, 5.41) is 3.06. The van der Waals surface area contributed by atoms with Crippen molar-refractivity contribution in [3.05, 3.63) is 58.5 Å². The molecule has 0 radical (unpaired) electrons. The number of rotatable bonds is 8. The minimum Gasteiger partial charge on any atom is -0.383 e. The predicted molar refractivity (Wildman–Crippen MR) is 119 cm³/mol. The maximum absolute atomic E-state index is 12.6. The number of hydrogen-bond acceptors (Lipinski definition) is 6. The molecule has 9 heteroatoms. The Morgan fingerprint density at radius 3 is 2.42 bits per heavy atom. The van der Waals surface area contributed by atoms with Crippen LogP contribution in [0.3, 0.4) is 0 Å². The van der Waals surface area contributed by atoms with Gasteiger partial charge in [-0.05, 0) is 43.2 Å². The average molecular weight is 448 g/mol. The maximum atomic E-state index is 12.6. The summed E-state index contributed by atoms with van der Waals surface area (Å²) in [4.78, 5) is 27.1. The third-order valence-corrected chi connectivity index (χ3v) is 7.30. The Bertz CT molecular complexity index is 1060. The molecular weight excluding hydrogens is 418 g/mol. The number of aromatic nitrogens is 1. The number of carbonyl (C=O) groups excluding carboxylic acids is 1. The van der Waals surface area contributed by atoms with Gasteiger partial charge in [-0.25, -0.2) is 8.42 Å². The number of amides is 1. The van der Waals surface area contributed by atoms with Crippen LogP contribution in [0.5, 0.6) is 0 Å². The minimum atomic E-state index is -3.20. The van der Waals surface area contributed by atoms with E-state index in [2.05, 4.69) is 10.2 Å². The molecule has 31 heavy (non-hydrogen) atoms. The number of methoxy groups -OCH3 is 1. The van der Waals surface area contributed by atoms with Crippen molar-refractivity contribution in [1.29, 1.82) is 0 Å². The van der Waals surface area contributed by atoms with Crippen LogP contribution in [0.15, 0.2) is 52.3 Å². The second-order valence-electron chi connectivity index (χ2n) is 7.57. The first-order valence-corrected chi connectivity index (χ1v) is 12.1. The molecule has 8 nitrogen and oxygen atoms in total. The molecule has 1 aliphatic rings. The van der Waals surface area contributed by atoms with Crippen molar-refractivity contribution in [2.45, 2.75) is 37.2 Å². The van der Waals surface area contributed by atoms with Gasteiger partial charge in [-0.15, -0.1) is 0 Å². The second-order valence-corrected chi connectivity index (χ2v) is 9.85. The number of nitrogens with one attached hydrogen (secondary N) is 1. The highest BCUT2D eigenvalue weighted by atomic mass is 32.2. The highest BCUT2D eigenvalue weighted by Gasteiger charge is 2.22. The predicted octanol–water partition coefficient (Wildman–Crippen LogP) is 1.69. The normalized spacial score (nSPS) is 15.1. The van der Waals surface area contributed by atoms with Gasteiger partial charge in [0, 0.05) is 50.7 Å². The molecule has 1 saturated heterocycles. The van der Waals surface area contributed by atoms with Crippen molar-refractivity contribution in [3.63, 3.8) is 0 Å². The molecule has 0 saturated carbocycles. The highest BCUT2D eigenvalue weighted by molar-refractivity contribution is 7.91. The number of ether oxygens (including phenoxy) is 1. The van der Waals surface area contributed by atoms with Gasteiger partial charge in [0.05, 0.1) is 22.8 Å². The van der Waals surface area contributed by atoms with E-state index in [1.165, 1.54) is 10.6 Å². The van der Waals surface area contributed by atoms with Gasteiger partial charge in [0.25, 0.3) is 11.5 Å². The van der Waals surface area contributed by atoms with Gasteiger partial charge in [-0.3, -0.25) is 9.59 Å². The zero-order valence-corrected chi connectivity index (χ0v) is 18.7. The van der Waals surface area contributed by atoms with Crippen LogP contribution in [0.25, 0.3) is 0 Å². The molecule has 1 aromatic heterocycles. The number of carbonyl (C=O) groups is 1. The monoisotopic (exact) mass is 447 g/mol. The number of nitrogens with zero attached hydrogens (tertiary/aromatic N) is 2. The number of piperidine rings is 1. The largest absolute Gasteiger partial charge is 0.383 e. The lowest BCUT2D eigenvalue weighted by Gasteiger charge is -2.34. The smallest absolute Gasteiger partial charge is 0.252 e. The Labute approximate surface area is 182 Å². The molecule has 1 aliphatic heterocycles. The summed E-state index contributed by atoms with van der Waals surface area (Å²) in [7, 11) is -1.63. The van der Waals surface area contributed by atoms with E-state index in [0.29, 0.717) is 23.6 Å². The lowest BCUT2D eigenvalue weighted by molar-refractivity contribution is 0.0930. The van der Waals surface area contributed by atoms with Gasteiger partial charge < -0.3 is 19.5 Å². The minimum absolute atomic E-state index is 0.0443. The van der Waals surface area contributed by atoms with Crippen molar-refractivity contribution in [2.24, 2.45) is 0 Å². The standard InChI is InChI=1S/C22H29N3O5S/c1-3-31(28,29)20-7-5-19(6-8-20)24-12-10-18(11-13-24)23-22(27)17-4-9-21(26)25(16-17)14-15-30-2/h4-9,16,18H,3,10-15H2,1-2H3,(H,23,27). The average Bonchev–Trinajstić information content (AvgIpc) is 2.79. The van der Waals surface area contributed by atoms with E-state index >= 15 is 0 Å². The summed E-state index contributed by atoms with van der Waals surface area (Å²) < 4.78 is 30.4. The molecule has 0 bridgehead atoms. The molecule has 0 atom stereocenters. The molecule has 1 fully saturated rings. The molecule has 2 aromatic rings. The maximum Gasteiger partial charge on any atom is 0.252 e. The fourth-order valence-corrected chi connectivity index (χ4v) is 4.50. The SMILES string of the molecule is CCS(=O)(=O)c1ccc(N2CCC(NC(=O)c3ccc(=O)n(CCOC)c3)CC2)cc1. The zero-order valence-electron chi connectivity index (χ0n) is 17.9. The highest BCUT2D eigenvalue weighted by Crippen LogP contribution is 2.22. The summed E-state index contributed by atoms with van der Waals surface area (Å²) in [6.45, 7) is 3.95. The second kappa shape index (κ2) is 10.1. The van der Waals surface area contributed by atoms with Crippen molar-refractivity contribution >= 4 is 21.4 Å². The fraction of sp³-hybridized carbons (Fsp3) is 0.455. The van der Waals surface area contributed by atoms with E-state index in [9.17, 15) is 18.0 Å². The van der Waals surface area contributed by atoms with E-state index in [1.54, 1.807) is 38.4 Å². The van der Waals surface area contributed by atoms with Crippen LogP contribution in [-0.2, 0) is 21.1 Å². The first kappa shape index (κ1) is 23.0. The van der Waals surface area contributed by atoms with Crippen molar-refractivity contribution in [1.82, 2.24) is 9.88 Å². The van der Waals surface area contributed by atoms with E-state index < -0.39 is 9.84 Å². The van der Waals surface area contributed by atoms with Crippen molar-refractivity contribution < 1.29 is 17.9 Å². The van der Waals surface area contributed by atoms with Crippen LogP contribution < -0.4 is 15.8 Å². The fourth-order valence-electron chi connectivity index (χ4n) is 3.61. The topological polar surface area (TPSA) is 97.7 Å². The van der Waals surface area contributed by atoms with Crippen LogP contribution in [0.2, 0.25) is 0 Å². The van der Waals surface area contributed by atoms with Gasteiger partial charge >= 0.3 is 0 Å². The van der Waals surface area contributed by atoms with Gasteiger partial charge in [0.15, 0.2) is 9.84 Å². The number of hydrogen-bond donors (Lipinski definition) is 1. The Kier molecular flexibility index (Phi) is 7.50. The molecule has 1 N–H and O–H groups in total. The number of sulfone groups is 1. The van der Waals surface area contributed by atoms with Gasteiger partial charge in [0.2, 0.25) is 0 Å². The Morgan fingerprint density at radius 2 is 1.81 bits per heavy atom. The quantitative estimate of drug-likeness (QED) is 0.661. The molecule has 0 spiro atoms. The molecule has 1 aromatic carbocycles. The number of anilines is 1. The Balaban J connectivity index is 1.56. The Morgan fingerprint density at radius 1 is 1.13 bits per heavy atom. The zero-order chi connectivity index (χ0) is 22.4. The molecule has 2 heterocycles. The van der Waals surface area contributed by atoms with Crippen LogP contribution in [0.4, 0.5) is 5.69 Å². The molecule has 168 valence electrons. The third-order valence-electron chi connectivity index (χ3n) is 5.55. The first-order valence-electron chi connectivity index (χ1n) is 10.4. The summed E-state index contributed by atoms with van der Waals surface area (Å²) in [6, 6.07) is 9.97. The van der Waals surface area contributed by atoms with Crippen molar-refractivity contribution in [3.8, 4) is 0 Å². The van der Waals surface area contributed by atoms with E-state index in [0.717, 1.165) is 31.6 Å². The number of benzene rings is 1. The molecule has 3 rings (SSSR count). The summed E-state index contributed by atoms with van der Waals surface area (Å²) in [5.74, 6) is -0.111. The summed E-state index contributed by atoms with van der Waals surface area (Å²) in [5.41, 5.74) is 1.26. The van der Waals surface area contributed by atoms with Crippen LogP contribution in [0, 0.1) is 0 Å². The van der Waals surface area contributed by atoms with Crippen LogP contribution in [0.1, 0.15) is 30.1 Å². The van der Waals surface area contributed by atoms with Gasteiger partial charge in [-0.1, -0.05) is 6.92 Å².